The Hall–Kier alpha value is -1.49. The van der Waals surface area contributed by atoms with E-state index < -0.39 is 13.0 Å². The van der Waals surface area contributed by atoms with Crippen molar-refractivity contribution in [2.45, 2.75) is 18.9 Å². The van der Waals surface area contributed by atoms with Gasteiger partial charge in [0.05, 0.1) is 12.5 Å². The molecule has 1 heterocycles. The molecule has 1 aliphatic rings. The number of carbonyl (C=O) groups is 1. The maximum absolute atomic E-state index is 12.3. The van der Waals surface area contributed by atoms with E-state index in [9.17, 15) is 13.6 Å². The molecule has 0 radical (unpaired) electrons. The van der Waals surface area contributed by atoms with Gasteiger partial charge in [-0.1, -0.05) is 24.3 Å². The van der Waals surface area contributed by atoms with E-state index in [1.807, 2.05) is 24.3 Å². The van der Waals surface area contributed by atoms with Crippen LogP contribution in [0.4, 0.5) is 8.78 Å². The first-order valence-corrected chi connectivity index (χ1v) is 5.91. The molecule has 0 bridgehead atoms. The zero-order chi connectivity index (χ0) is 13.1. The van der Waals surface area contributed by atoms with Crippen molar-refractivity contribution in [3.63, 3.8) is 0 Å². The van der Waals surface area contributed by atoms with Crippen molar-refractivity contribution < 1.29 is 13.6 Å². The summed E-state index contributed by atoms with van der Waals surface area (Å²) in [6.07, 6.45) is -2.49. The molecule has 1 aromatic carbocycles. The zero-order valence-corrected chi connectivity index (χ0v) is 10.2. The number of hydrogen-bond acceptors (Lipinski definition) is 2. The highest BCUT2D eigenvalue weighted by molar-refractivity contribution is 5.84. The van der Waals surface area contributed by atoms with Crippen LogP contribution >= 0.6 is 0 Å². The number of nitrogens with one attached hydrogen (secondary N) is 1. The predicted molar refractivity (Wildman–Crippen MR) is 64.5 cm³/mol. The number of halogens is 2. The summed E-state index contributed by atoms with van der Waals surface area (Å²) in [5.41, 5.74) is 2.01. The van der Waals surface area contributed by atoms with Gasteiger partial charge in [0, 0.05) is 20.1 Å². The Labute approximate surface area is 105 Å². The quantitative estimate of drug-likeness (QED) is 0.888. The van der Waals surface area contributed by atoms with Gasteiger partial charge in [-0.25, -0.2) is 8.78 Å². The molecule has 1 aliphatic heterocycles. The predicted octanol–water partition coefficient (Wildman–Crippen LogP) is 1.60. The average Bonchev–Trinajstić information content (AvgIpc) is 2.36. The highest BCUT2D eigenvalue weighted by Crippen LogP contribution is 2.25. The molecule has 18 heavy (non-hydrogen) atoms. The maximum Gasteiger partial charge on any atom is 0.255 e. The first-order valence-electron chi connectivity index (χ1n) is 5.91. The lowest BCUT2D eigenvalue weighted by Crippen LogP contribution is -2.41. The summed E-state index contributed by atoms with van der Waals surface area (Å²) >= 11 is 0. The standard InChI is InChI=1S/C13H16F2N2O/c1-17(8-12(14)15)13(18)11-7-16-6-9-4-2-3-5-10(9)11/h2-5,11-12,16H,6-8H2,1H3. The fourth-order valence-corrected chi connectivity index (χ4v) is 2.28. The van der Waals surface area contributed by atoms with Gasteiger partial charge in [0.25, 0.3) is 6.43 Å². The fraction of sp³-hybridized carbons (Fsp3) is 0.462. The maximum atomic E-state index is 12.3. The van der Waals surface area contributed by atoms with Crippen LogP contribution in [-0.2, 0) is 11.3 Å². The van der Waals surface area contributed by atoms with E-state index in [1.165, 1.54) is 7.05 Å². The van der Waals surface area contributed by atoms with Crippen molar-refractivity contribution in [3.05, 3.63) is 35.4 Å². The van der Waals surface area contributed by atoms with Gasteiger partial charge in [0.1, 0.15) is 0 Å². The summed E-state index contributed by atoms with van der Waals surface area (Å²) in [5.74, 6) is -0.617. The summed E-state index contributed by atoms with van der Waals surface area (Å²) in [6.45, 7) is 0.708. The van der Waals surface area contributed by atoms with Crippen molar-refractivity contribution in [1.29, 1.82) is 0 Å². The summed E-state index contributed by atoms with van der Waals surface area (Å²) in [4.78, 5) is 13.3. The van der Waals surface area contributed by atoms with Gasteiger partial charge in [-0.3, -0.25) is 4.79 Å². The van der Waals surface area contributed by atoms with Crippen molar-refractivity contribution in [3.8, 4) is 0 Å². The number of rotatable bonds is 3. The summed E-state index contributed by atoms with van der Waals surface area (Å²) in [5, 5.41) is 3.15. The lowest BCUT2D eigenvalue weighted by molar-refractivity contribution is -0.133. The van der Waals surface area contributed by atoms with Gasteiger partial charge < -0.3 is 10.2 Å². The van der Waals surface area contributed by atoms with Gasteiger partial charge in [0.2, 0.25) is 5.91 Å². The third-order valence-electron chi connectivity index (χ3n) is 3.18. The van der Waals surface area contributed by atoms with Gasteiger partial charge in [-0.2, -0.15) is 0 Å². The third kappa shape index (κ3) is 2.67. The van der Waals surface area contributed by atoms with Crippen molar-refractivity contribution in [1.82, 2.24) is 10.2 Å². The van der Waals surface area contributed by atoms with Crippen molar-refractivity contribution in [2.75, 3.05) is 20.1 Å². The minimum Gasteiger partial charge on any atom is -0.339 e. The van der Waals surface area contributed by atoms with Crippen LogP contribution in [0.5, 0.6) is 0 Å². The number of carbonyl (C=O) groups excluding carboxylic acids is 1. The van der Waals surface area contributed by atoms with E-state index in [0.717, 1.165) is 22.6 Å². The lowest BCUT2D eigenvalue weighted by Gasteiger charge is -2.29. The molecule has 5 heteroatoms. The molecule has 3 nitrogen and oxygen atoms in total. The van der Waals surface area contributed by atoms with Gasteiger partial charge in [0.15, 0.2) is 0 Å². The highest BCUT2D eigenvalue weighted by Gasteiger charge is 2.29. The van der Waals surface area contributed by atoms with Gasteiger partial charge >= 0.3 is 0 Å². The summed E-state index contributed by atoms with van der Waals surface area (Å²) < 4.78 is 24.6. The number of amides is 1. The van der Waals surface area contributed by atoms with Crippen molar-refractivity contribution >= 4 is 5.91 Å². The molecule has 0 aliphatic carbocycles. The van der Waals surface area contributed by atoms with E-state index in [2.05, 4.69) is 5.32 Å². The molecular weight excluding hydrogens is 238 g/mol. The Morgan fingerprint density at radius 2 is 2.22 bits per heavy atom. The molecule has 1 N–H and O–H groups in total. The monoisotopic (exact) mass is 254 g/mol. The topological polar surface area (TPSA) is 32.3 Å². The number of likely N-dealkylation sites (N-methyl/N-ethyl adjacent to an activating group) is 1. The van der Waals surface area contributed by atoms with Crippen LogP contribution in [0.1, 0.15) is 17.0 Å². The molecule has 1 amide bonds. The third-order valence-corrected chi connectivity index (χ3v) is 3.18. The van der Waals surface area contributed by atoms with E-state index in [0.29, 0.717) is 6.54 Å². The molecule has 1 aromatic rings. The molecule has 0 saturated heterocycles. The van der Waals surface area contributed by atoms with E-state index in [-0.39, 0.29) is 11.8 Å². The van der Waals surface area contributed by atoms with Crippen LogP contribution in [0.2, 0.25) is 0 Å². The molecule has 0 fully saturated rings. The largest absolute Gasteiger partial charge is 0.339 e. The van der Waals surface area contributed by atoms with E-state index >= 15 is 0 Å². The first kappa shape index (κ1) is 13.0. The lowest BCUT2D eigenvalue weighted by atomic mass is 9.90. The van der Waals surface area contributed by atoms with Gasteiger partial charge in [-0.15, -0.1) is 0 Å². The summed E-state index contributed by atoms with van der Waals surface area (Å²) in [7, 11) is 1.42. The molecule has 98 valence electrons. The molecule has 2 rings (SSSR count). The Morgan fingerprint density at radius 3 is 2.94 bits per heavy atom. The van der Waals surface area contributed by atoms with Gasteiger partial charge in [-0.05, 0) is 11.1 Å². The zero-order valence-electron chi connectivity index (χ0n) is 10.2. The smallest absolute Gasteiger partial charge is 0.255 e. The molecule has 1 atom stereocenters. The summed E-state index contributed by atoms with van der Waals surface area (Å²) in [6, 6.07) is 7.64. The molecule has 0 spiro atoms. The second-order valence-electron chi connectivity index (χ2n) is 4.49. The van der Waals surface area contributed by atoms with Crippen molar-refractivity contribution in [2.24, 2.45) is 0 Å². The second-order valence-corrected chi connectivity index (χ2v) is 4.49. The number of hydrogen-bond donors (Lipinski definition) is 1. The molecular formula is C13H16F2N2O. The van der Waals surface area contributed by atoms with Crippen LogP contribution < -0.4 is 5.32 Å². The number of fused-ring (bicyclic) bond motifs is 1. The molecule has 1 unspecified atom stereocenters. The van der Waals surface area contributed by atoms with Crippen LogP contribution in [-0.4, -0.2) is 37.4 Å². The van der Waals surface area contributed by atoms with Crippen LogP contribution in [0.15, 0.2) is 24.3 Å². The minimum atomic E-state index is -2.49. The Bertz CT molecular complexity index is 437. The Kier molecular flexibility index (Phi) is 3.91. The number of benzene rings is 1. The SMILES string of the molecule is CN(CC(F)F)C(=O)C1CNCc2ccccc21. The van der Waals surface area contributed by atoms with Crippen LogP contribution in [0.25, 0.3) is 0 Å². The number of nitrogens with zero attached hydrogens (tertiary/aromatic N) is 1. The second kappa shape index (κ2) is 5.44. The molecule has 0 aromatic heterocycles. The minimum absolute atomic E-state index is 0.255. The normalized spacial score (nSPS) is 18.6. The Morgan fingerprint density at radius 1 is 1.50 bits per heavy atom. The Balaban J connectivity index is 2.17. The fourth-order valence-electron chi connectivity index (χ4n) is 2.28. The van der Waals surface area contributed by atoms with E-state index in [4.69, 9.17) is 0 Å². The highest BCUT2D eigenvalue weighted by atomic mass is 19.3. The molecule has 0 saturated carbocycles. The van der Waals surface area contributed by atoms with Crippen LogP contribution in [0.3, 0.4) is 0 Å². The average molecular weight is 254 g/mol. The van der Waals surface area contributed by atoms with Crippen LogP contribution in [0, 0.1) is 0 Å². The number of alkyl halides is 2. The van der Waals surface area contributed by atoms with E-state index in [1.54, 1.807) is 0 Å². The first-order chi connectivity index (χ1) is 8.59.